The minimum absolute atomic E-state index is 0.667. The largest absolute Gasteiger partial charge is 0.375 e. The van der Waals surface area contributed by atoms with Crippen molar-refractivity contribution in [3.8, 4) is 0 Å². The molecule has 1 heteroatoms. The third-order valence-electron chi connectivity index (χ3n) is 3.14. The zero-order chi connectivity index (χ0) is 7.89. The smallest absolute Gasteiger partial charge is 0.0287 e. The van der Waals surface area contributed by atoms with E-state index in [1.165, 1.54) is 5.70 Å². The molecular formula is C9H17N. The molecule has 0 aromatic carbocycles. The van der Waals surface area contributed by atoms with Crippen molar-refractivity contribution in [1.82, 2.24) is 4.90 Å². The van der Waals surface area contributed by atoms with Crippen LogP contribution in [-0.4, -0.2) is 18.0 Å². The summed E-state index contributed by atoms with van der Waals surface area (Å²) in [4.78, 5) is 2.29. The van der Waals surface area contributed by atoms with Crippen molar-refractivity contribution in [3.63, 3.8) is 0 Å². The van der Waals surface area contributed by atoms with Crippen LogP contribution in [0.2, 0.25) is 0 Å². The molecule has 0 N–H and O–H groups in total. The van der Waals surface area contributed by atoms with Gasteiger partial charge in [0, 0.05) is 18.8 Å². The average molecular weight is 139 g/mol. The van der Waals surface area contributed by atoms with Crippen LogP contribution in [-0.2, 0) is 0 Å². The topological polar surface area (TPSA) is 3.24 Å². The molecule has 3 atom stereocenters. The highest BCUT2D eigenvalue weighted by molar-refractivity contribution is 5.08. The molecule has 0 aromatic heterocycles. The molecule has 1 nitrogen and oxygen atoms in total. The molecule has 0 bridgehead atoms. The number of likely N-dealkylation sites (tertiary alicyclic amines) is 1. The van der Waals surface area contributed by atoms with Gasteiger partial charge in [0.05, 0.1) is 0 Å². The van der Waals surface area contributed by atoms with Crippen LogP contribution in [0.3, 0.4) is 0 Å². The zero-order valence-electron chi connectivity index (χ0n) is 7.39. The van der Waals surface area contributed by atoms with Gasteiger partial charge in [0.15, 0.2) is 0 Å². The van der Waals surface area contributed by atoms with Crippen molar-refractivity contribution < 1.29 is 0 Å². The molecule has 1 fully saturated rings. The molecule has 0 spiro atoms. The summed E-state index contributed by atoms with van der Waals surface area (Å²) in [5, 5.41) is 0. The fraction of sp³-hybridized carbons (Fsp3) is 0.778. The molecule has 58 valence electrons. The normalized spacial score (nSPS) is 41.0. The predicted molar refractivity (Wildman–Crippen MR) is 44.7 cm³/mol. The minimum atomic E-state index is 0.667. The first-order valence-corrected chi connectivity index (χ1v) is 3.97. The van der Waals surface area contributed by atoms with Crippen LogP contribution in [0.25, 0.3) is 0 Å². The van der Waals surface area contributed by atoms with Crippen LogP contribution >= 0.6 is 0 Å². The number of rotatable bonds is 0. The van der Waals surface area contributed by atoms with Gasteiger partial charge in [-0.05, 0) is 18.8 Å². The lowest BCUT2D eigenvalue weighted by molar-refractivity contribution is 0.323. The van der Waals surface area contributed by atoms with Crippen LogP contribution < -0.4 is 0 Å². The molecule has 0 amide bonds. The summed E-state index contributed by atoms with van der Waals surface area (Å²) in [6.45, 7) is 10.9. The average Bonchev–Trinajstić information content (AvgIpc) is 2.07. The van der Waals surface area contributed by atoms with E-state index < -0.39 is 0 Å². The van der Waals surface area contributed by atoms with Gasteiger partial charge in [-0.25, -0.2) is 0 Å². The second-order valence-electron chi connectivity index (χ2n) is 3.49. The quantitative estimate of drug-likeness (QED) is 0.497. The van der Waals surface area contributed by atoms with Crippen LogP contribution in [0.15, 0.2) is 12.3 Å². The standard InChI is InChI=1S/C9H17N/c1-6-7(2)9(4)10(5)8(6)3/h6-7,9H,3H2,1-2,4-5H3. The Balaban J connectivity index is 2.78. The first-order valence-electron chi connectivity index (χ1n) is 3.97. The summed E-state index contributed by atoms with van der Waals surface area (Å²) < 4.78 is 0. The summed E-state index contributed by atoms with van der Waals surface area (Å²) >= 11 is 0. The maximum Gasteiger partial charge on any atom is 0.0287 e. The van der Waals surface area contributed by atoms with Gasteiger partial charge in [-0.2, -0.15) is 0 Å². The highest BCUT2D eigenvalue weighted by Crippen LogP contribution is 2.34. The SMILES string of the molecule is C=C1C(C)C(C)C(C)N1C. The molecule has 1 rings (SSSR count). The molecule has 3 unspecified atom stereocenters. The van der Waals surface area contributed by atoms with E-state index in [1.807, 2.05) is 0 Å². The Bertz CT molecular complexity index is 135. The van der Waals surface area contributed by atoms with E-state index in [0.717, 1.165) is 5.92 Å². The summed E-state index contributed by atoms with van der Waals surface area (Å²) in [5.41, 5.74) is 1.29. The first-order chi connectivity index (χ1) is 4.55. The molecule has 1 saturated heterocycles. The fourth-order valence-electron chi connectivity index (χ4n) is 1.66. The summed E-state index contributed by atoms with van der Waals surface area (Å²) in [6, 6.07) is 0.669. The summed E-state index contributed by atoms with van der Waals surface area (Å²) in [7, 11) is 2.13. The highest BCUT2D eigenvalue weighted by atomic mass is 15.2. The van der Waals surface area contributed by atoms with Crippen LogP contribution in [0.5, 0.6) is 0 Å². The monoisotopic (exact) mass is 139 g/mol. The van der Waals surface area contributed by atoms with Crippen molar-refractivity contribution in [2.24, 2.45) is 11.8 Å². The second-order valence-corrected chi connectivity index (χ2v) is 3.49. The van der Waals surface area contributed by atoms with Crippen molar-refractivity contribution in [2.75, 3.05) is 7.05 Å². The van der Waals surface area contributed by atoms with Crippen LogP contribution in [0, 0.1) is 11.8 Å². The van der Waals surface area contributed by atoms with Crippen molar-refractivity contribution in [2.45, 2.75) is 26.8 Å². The second kappa shape index (κ2) is 2.30. The molecule has 10 heavy (non-hydrogen) atoms. The fourth-order valence-corrected chi connectivity index (χ4v) is 1.66. The van der Waals surface area contributed by atoms with E-state index in [4.69, 9.17) is 0 Å². The lowest BCUT2D eigenvalue weighted by Crippen LogP contribution is -2.23. The zero-order valence-corrected chi connectivity index (χ0v) is 7.39. The van der Waals surface area contributed by atoms with Gasteiger partial charge in [0.25, 0.3) is 0 Å². The van der Waals surface area contributed by atoms with Gasteiger partial charge in [-0.15, -0.1) is 0 Å². The number of hydrogen-bond donors (Lipinski definition) is 0. The van der Waals surface area contributed by atoms with Crippen molar-refractivity contribution in [1.29, 1.82) is 0 Å². The maximum absolute atomic E-state index is 4.04. The van der Waals surface area contributed by atoms with E-state index in [2.05, 4.69) is 39.3 Å². The van der Waals surface area contributed by atoms with E-state index in [9.17, 15) is 0 Å². The molecule has 0 aromatic rings. The Morgan fingerprint density at radius 2 is 1.80 bits per heavy atom. The van der Waals surface area contributed by atoms with E-state index in [0.29, 0.717) is 12.0 Å². The molecule has 1 aliphatic rings. The summed E-state index contributed by atoms with van der Waals surface area (Å²) in [6.07, 6.45) is 0. The third kappa shape index (κ3) is 0.845. The Morgan fingerprint density at radius 3 is 1.90 bits per heavy atom. The van der Waals surface area contributed by atoms with Gasteiger partial charge in [0.2, 0.25) is 0 Å². The van der Waals surface area contributed by atoms with Gasteiger partial charge < -0.3 is 4.90 Å². The molecular weight excluding hydrogens is 122 g/mol. The van der Waals surface area contributed by atoms with Crippen molar-refractivity contribution in [3.05, 3.63) is 12.3 Å². The predicted octanol–water partition coefficient (Wildman–Crippen LogP) is 2.11. The van der Waals surface area contributed by atoms with Gasteiger partial charge >= 0.3 is 0 Å². The molecule has 0 saturated carbocycles. The lowest BCUT2D eigenvalue weighted by Gasteiger charge is -2.19. The van der Waals surface area contributed by atoms with E-state index >= 15 is 0 Å². The highest BCUT2D eigenvalue weighted by Gasteiger charge is 2.33. The Morgan fingerprint density at radius 1 is 1.30 bits per heavy atom. The lowest BCUT2D eigenvalue weighted by atomic mass is 9.94. The summed E-state index contributed by atoms with van der Waals surface area (Å²) in [5.74, 6) is 1.43. The minimum Gasteiger partial charge on any atom is -0.375 e. The molecule has 1 aliphatic heterocycles. The number of hydrogen-bond acceptors (Lipinski definition) is 1. The first kappa shape index (κ1) is 7.64. The van der Waals surface area contributed by atoms with Crippen LogP contribution in [0.4, 0.5) is 0 Å². The third-order valence-corrected chi connectivity index (χ3v) is 3.14. The Labute approximate surface area is 63.7 Å². The molecule has 0 aliphatic carbocycles. The Hall–Kier alpha value is -0.460. The van der Waals surface area contributed by atoms with E-state index in [1.54, 1.807) is 0 Å². The van der Waals surface area contributed by atoms with Crippen molar-refractivity contribution >= 4 is 0 Å². The van der Waals surface area contributed by atoms with Gasteiger partial charge in [-0.1, -0.05) is 20.4 Å². The number of allylic oxidation sites excluding steroid dienone is 1. The van der Waals surface area contributed by atoms with E-state index in [-0.39, 0.29) is 0 Å². The number of nitrogens with zero attached hydrogens (tertiary/aromatic N) is 1. The Kier molecular flexibility index (Phi) is 1.76. The van der Waals surface area contributed by atoms with Gasteiger partial charge in [-0.3, -0.25) is 0 Å². The van der Waals surface area contributed by atoms with Gasteiger partial charge in [0.1, 0.15) is 0 Å². The van der Waals surface area contributed by atoms with Crippen LogP contribution in [0.1, 0.15) is 20.8 Å². The molecule has 0 radical (unpaired) electrons. The molecule has 1 heterocycles. The maximum atomic E-state index is 4.04.